The van der Waals surface area contributed by atoms with Gasteiger partial charge in [-0.25, -0.2) is 4.52 Å². The molecule has 196 valence electrons. The SMILES string of the molecule is CC(C)N1CCC[C@H](c2ccc(-c3cc4c(N5CCN(C(=O)C6CC(O)C6)CC5)ccnn4c3)cc2)C1. The van der Waals surface area contributed by atoms with E-state index in [1.54, 1.807) is 0 Å². The third kappa shape index (κ3) is 4.87. The van der Waals surface area contributed by atoms with Crippen molar-refractivity contribution in [3.05, 3.63) is 54.4 Å². The standard InChI is InChI=1S/C30H39N5O2/c1-21(2)34-11-3-4-24(19-34)22-5-7-23(8-6-22)26-18-29-28(9-10-31-35(29)20-26)32-12-14-33(15-13-32)30(37)25-16-27(36)17-25/h5-10,18,20-21,24-25,27,36H,3-4,11-17,19H2,1-2H3/t24-,25?,27?/m0/s1. The fraction of sp³-hybridized carbons (Fsp3) is 0.533. The van der Waals surface area contributed by atoms with Gasteiger partial charge in [0.1, 0.15) is 0 Å². The summed E-state index contributed by atoms with van der Waals surface area (Å²) in [5, 5.41) is 14.1. The highest BCUT2D eigenvalue weighted by atomic mass is 16.3. The average Bonchev–Trinajstić information content (AvgIpc) is 3.36. The molecule has 2 saturated heterocycles. The first kappa shape index (κ1) is 24.4. The van der Waals surface area contributed by atoms with Gasteiger partial charge < -0.3 is 19.8 Å². The van der Waals surface area contributed by atoms with E-state index in [4.69, 9.17) is 0 Å². The van der Waals surface area contributed by atoms with Crippen LogP contribution in [-0.2, 0) is 4.79 Å². The molecule has 1 aliphatic carbocycles. The molecule has 3 aliphatic rings. The molecule has 7 nitrogen and oxygen atoms in total. The highest BCUT2D eigenvalue weighted by Gasteiger charge is 2.36. The summed E-state index contributed by atoms with van der Waals surface area (Å²) in [5.74, 6) is 0.843. The normalized spacial score (nSPS) is 25.0. The number of aliphatic hydroxyl groups is 1. The van der Waals surface area contributed by atoms with E-state index in [0.29, 0.717) is 24.8 Å². The maximum absolute atomic E-state index is 12.7. The van der Waals surface area contributed by atoms with Gasteiger partial charge in [0.05, 0.1) is 17.3 Å². The Kier molecular flexibility index (Phi) is 6.67. The van der Waals surface area contributed by atoms with Crippen LogP contribution >= 0.6 is 0 Å². The van der Waals surface area contributed by atoms with Crippen LogP contribution in [0.3, 0.4) is 0 Å². The summed E-state index contributed by atoms with van der Waals surface area (Å²) in [4.78, 5) is 19.6. The van der Waals surface area contributed by atoms with Gasteiger partial charge in [-0.2, -0.15) is 5.10 Å². The number of aliphatic hydroxyl groups excluding tert-OH is 1. The van der Waals surface area contributed by atoms with Crippen LogP contribution in [0.1, 0.15) is 51.0 Å². The lowest BCUT2D eigenvalue weighted by Crippen LogP contribution is -2.52. The Bertz CT molecular complexity index is 1240. The summed E-state index contributed by atoms with van der Waals surface area (Å²) in [7, 11) is 0. The second kappa shape index (κ2) is 10.1. The predicted molar refractivity (Wildman–Crippen MR) is 147 cm³/mol. The summed E-state index contributed by atoms with van der Waals surface area (Å²) in [5.41, 5.74) is 6.11. The van der Waals surface area contributed by atoms with E-state index in [9.17, 15) is 9.90 Å². The molecule has 2 aromatic heterocycles. The maximum atomic E-state index is 12.7. The first-order chi connectivity index (χ1) is 18.0. The van der Waals surface area contributed by atoms with Crippen molar-refractivity contribution in [3.63, 3.8) is 0 Å². The molecular formula is C30H39N5O2. The Balaban J connectivity index is 1.15. The Morgan fingerprint density at radius 2 is 1.76 bits per heavy atom. The number of hydrogen-bond acceptors (Lipinski definition) is 5. The summed E-state index contributed by atoms with van der Waals surface area (Å²) < 4.78 is 1.98. The number of hydrogen-bond donors (Lipinski definition) is 1. The second-order valence-electron chi connectivity index (χ2n) is 11.5. The van der Waals surface area contributed by atoms with Crippen LogP contribution in [0.25, 0.3) is 16.6 Å². The van der Waals surface area contributed by atoms with Gasteiger partial charge in [0.2, 0.25) is 5.91 Å². The topological polar surface area (TPSA) is 64.3 Å². The number of fused-ring (bicyclic) bond motifs is 1. The molecule has 0 bridgehead atoms. The minimum Gasteiger partial charge on any atom is -0.393 e. The van der Waals surface area contributed by atoms with E-state index in [1.807, 2.05) is 15.6 Å². The molecule has 4 heterocycles. The fourth-order valence-electron chi connectivity index (χ4n) is 6.34. The zero-order valence-corrected chi connectivity index (χ0v) is 22.1. The van der Waals surface area contributed by atoms with Crippen molar-refractivity contribution in [2.24, 2.45) is 5.92 Å². The number of anilines is 1. The molecule has 1 N–H and O–H groups in total. The highest BCUT2D eigenvalue weighted by molar-refractivity contribution is 5.82. The average molecular weight is 502 g/mol. The largest absolute Gasteiger partial charge is 0.393 e. The molecule has 6 rings (SSSR count). The summed E-state index contributed by atoms with van der Waals surface area (Å²) in [6.45, 7) is 10.0. The van der Waals surface area contributed by atoms with Crippen LogP contribution in [0, 0.1) is 5.92 Å². The second-order valence-corrected chi connectivity index (χ2v) is 11.5. The van der Waals surface area contributed by atoms with Gasteiger partial charge in [-0.1, -0.05) is 24.3 Å². The number of nitrogens with zero attached hydrogens (tertiary/aromatic N) is 5. The number of aromatic nitrogens is 2. The predicted octanol–water partition coefficient (Wildman–Crippen LogP) is 4.01. The number of carbonyl (C=O) groups is 1. The van der Waals surface area contributed by atoms with Crippen molar-refractivity contribution in [2.75, 3.05) is 44.2 Å². The van der Waals surface area contributed by atoms with Crippen molar-refractivity contribution in [3.8, 4) is 11.1 Å². The third-order valence-corrected chi connectivity index (χ3v) is 8.78. The van der Waals surface area contributed by atoms with Gasteiger partial charge in [-0.15, -0.1) is 0 Å². The Morgan fingerprint density at radius 3 is 2.46 bits per heavy atom. The van der Waals surface area contributed by atoms with E-state index in [-0.39, 0.29) is 17.9 Å². The molecule has 1 aromatic carbocycles. The van der Waals surface area contributed by atoms with Crippen molar-refractivity contribution in [1.82, 2.24) is 19.4 Å². The van der Waals surface area contributed by atoms with Crippen molar-refractivity contribution < 1.29 is 9.90 Å². The first-order valence-electron chi connectivity index (χ1n) is 14.0. The fourth-order valence-corrected chi connectivity index (χ4v) is 6.34. The molecule has 2 aliphatic heterocycles. The zero-order chi connectivity index (χ0) is 25.5. The van der Waals surface area contributed by atoms with E-state index < -0.39 is 0 Å². The lowest BCUT2D eigenvalue weighted by molar-refractivity contribution is -0.142. The zero-order valence-electron chi connectivity index (χ0n) is 22.1. The molecule has 0 unspecified atom stereocenters. The molecule has 3 aromatic rings. The molecule has 1 amide bonds. The summed E-state index contributed by atoms with van der Waals surface area (Å²) >= 11 is 0. The molecule has 37 heavy (non-hydrogen) atoms. The van der Waals surface area contributed by atoms with Crippen LogP contribution in [0.5, 0.6) is 0 Å². The monoisotopic (exact) mass is 501 g/mol. The van der Waals surface area contributed by atoms with E-state index in [0.717, 1.165) is 38.2 Å². The number of likely N-dealkylation sites (tertiary alicyclic amines) is 1. The third-order valence-electron chi connectivity index (χ3n) is 8.78. The van der Waals surface area contributed by atoms with Crippen LogP contribution < -0.4 is 4.90 Å². The van der Waals surface area contributed by atoms with Crippen molar-refractivity contribution in [1.29, 1.82) is 0 Å². The number of amides is 1. The smallest absolute Gasteiger partial charge is 0.226 e. The Labute approximate surface area is 219 Å². The minimum atomic E-state index is -0.289. The van der Waals surface area contributed by atoms with Crippen molar-refractivity contribution in [2.45, 2.75) is 57.6 Å². The minimum absolute atomic E-state index is 0.0148. The van der Waals surface area contributed by atoms with E-state index >= 15 is 0 Å². The molecule has 1 saturated carbocycles. The number of piperidine rings is 1. The summed E-state index contributed by atoms with van der Waals surface area (Å²) in [6, 6.07) is 14.1. The van der Waals surface area contributed by atoms with Crippen LogP contribution in [0.15, 0.2) is 48.8 Å². The number of carbonyl (C=O) groups excluding carboxylic acids is 1. The molecule has 3 fully saturated rings. The first-order valence-corrected chi connectivity index (χ1v) is 14.0. The maximum Gasteiger partial charge on any atom is 0.226 e. The Morgan fingerprint density at radius 1 is 1.00 bits per heavy atom. The van der Waals surface area contributed by atoms with Gasteiger partial charge in [0.15, 0.2) is 0 Å². The lowest BCUT2D eigenvalue weighted by atomic mass is 9.81. The van der Waals surface area contributed by atoms with Gasteiger partial charge in [-0.05, 0) is 75.3 Å². The van der Waals surface area contributed by atoms with Gasteiger partial charge in [-0.3, -0.25) is 4.79 Å². The van der Waals surface area contributed by atoms with Gasteiger partial charge in [0, 0.05) is 62.6 Å². The van der Waals surface area contributed by atoms with Crippen LogP contribution in [-0.4, -0.2) is 81.8 Å². The molecule has 1 atom stereocenters. The van der Waals surface area contributed by atoms with Crippen LogP contribution in [0.4, 0.5) is 5.69 Å². The van der Waals surface area contributed by atoms with Gasteiger partial charge in [0.25, 0.3) is 0 Å². The van der Waals surface area contributed by atoms with E-state index in [1.165, 1.54) is 41.8 Å². The molecule has 0 radical (unpaired) electrons. The van der Waals surface area contributed by atoms with Crippen molar-refractivity contribution >= 4 is 17.1 Å². The van der Waals surface area contributed by atoms with Gasteiger partial charge >= 0.3 is 0 Å². The summed E-state index contributed by atoms with van der Waals surface area (Å²) in [6.07, 6.45) is 7.48. The number of piperazine rings is 1. The molecule has 0 spiro atoms. The lowest BCUT2D eigenvalue weighted by Gasteiger charge is -2.40. The highest BCUT2D eigenvalue weighted by Crippen LogP contribution is 2.33. The number of rotatable bonds is 5. The molecule has 7 heteroatoms. The van der Waals surface area contributed by atoms with E-state index in [2.05, 4.69) is 71.3 Å². The quantitative estimate of drug-likeness (QED) is 0.572. The van der Waals surface area contributed by atoms with Crippen LogP contribution in [0.2, 0.25) is 0 Å². The number of benzene rings is 1. The Hall–Kier alpha value is -2.90. The molecular weight excluding hydrogens is 462 g/mol.